The molecule has 1 N–H and O–H groups in total. The largest absolute Gasteiger partial charge is 0.320 e. The highest BCUT2D eigenvalue weighted by molar-refractivity contribution is 9.10. The Bertz CT molecular complexity index is 541. The van der Waals surface area contributed by atoms with Crippen LogP contribution in [0.4, 0.5) is 4.39 Å². The molecule has 0 saturated carbocycles. The van der Waals surface area contributed by atoms with Crippen LogP contribution in [0.5, 0.6) is 0 Å². The van der Waals surface area contributed by atoms with Crippen LogP contribution in [-0.4, -0.2) is 14.8 Å². The molecule has 0 amide bonds. The van der Waals surface area contributed by atoms with Crippen molar-refractivity contribution in [1.29, 1.82) is 0 Å². The highest BCUT2D eigenvalue weighted by Crippen LogP contribution is 2.21. The molecular formula is C12H14BrFN4. The number of hydrogen-bond acceptors (Lipinski definition) is 3. The lowest BCUT2D eigenvalue weighted by Gasteiger charge is -2.14. The van der Waals surface area contributed by atoms with Gasteiger partial charge in [0.1, 0.15) is 18.0 Å². The summed E-state index contributed by atoms with van der Waals surface area (Å²) in [5.74, 6) is 0.613. The van der Waals surface area contributed by atoms with Crippen LogP contribution in [0.2, 0.25) is 0 Å². The summed E-state index contributed by atoms with van der Waals surface area (Å²) in [4.78, 5) is 0. The van der Waals surface area contributed by atoms with Crippen molar-refractivity contribution >= 4 is 15.9 Å². The van der Waals surface area contributed by atoms with Gasteiger partial charge in [0.15, 0.2) is 0 Å². The quantitative estimate of drug-likeness (QED) is 0.943. The van der Waals surface area contributed by atoms with E-state index in [1.54, 1.807) is 18.5 Å². The number of rotatable bonds is 4. The van der Waals surface area contributed by atoms with Gasteiger partial charge in [0.05, 0.1) is 11.0 Å². The van der Waals surface area contributed by atoms with Gasteiger partial charge >= 0.3 is 0 Å². The van der Waals surface area contributed by atoms with Gasteiger partial charge in [-0.15, -0.1) is 10.2 Å². The van der Waals surface area contributed by atoms with E-state index >= 15 is 0 Å². The fraction of sp³-hybridized carbons (Fsp3) is 0.333. The topological polar surface area (TPSA) is 42.7 Å². The number of nitrogens with one attached hydrogen (secondary N) is 1. The molecule has 1 heterocycles. The van der Waals surface area contributed by atoms with Crippen LogP contribution in [0, 0.1) is 5.82 Å². The van der Waals surface area contributed by atoms with E-state index in [1.807, 2.05) is 18.5 Å². The first-order valence-corrected chi connectivity index (χ1v) is 6.38. The standard InChI is InChI=1S/C12H14BrFN4/c1-8(9-3-4-11(14)10(13)5-9)15-6-12-17-16-7-18(12)2/h3-5,7-8,15H,6H2,1-2H3. The van der Waals surface area contributed by atoms with Gasteiger partial charge in [0.2, 0.25) is 0 Å². The minimum atomic E-state index is -0.251. The summed E-state index contributed by atoms with van der Waals surface area (Å²) < 4.78 is 15.5. The Kier molecular flexibility index (Phi) is 4.08. The summed E-state index contributed by atoms with van der Waals surface area (Å²) in [6.45, 7) is 2.64. The van der Waals surface area contributed by atoms with Crippen LogP contribution < -0.4 is 5.32 Å². The molecule has 0 aliphatic heterocycles. The lowest BCUT2D eigenvalue weighted by Crippen LogP contribution is -2.20. The number of halogens is 2. The van der Waals surface area contributed by atoms with Crippen LogP contribution in [0.3, 0.4) is 0 Å². The highest BCUT2D eigenvalue weighted by atomic mass is 79.9. The van der Waals surface area contributed by atoms with Crippen molar-refractivity contribution in [2.75, 3.05) is 0 Å². The molecule has 1 atom stereocenters. The Morgan fingerprint density at radius 3 is 2.89 bits per heavy atom. The molecule has 6 heteroatoms. The van der Waals surface area contributed by atoms with Crippen LogP contribution in [0.1, 0.15) is 24.4 Å². The van der Waals surface area contributed by atoms with Gasteiger partial charge in [0, 0.05) is 13.1 Å². The third-order valence-corrected chi connectivity index (χ3v) is 3.42. The second kappa shape index (κ2) is 5.58. The van der Waals surface area contributed by atoms with Crippen molar-refractivity contribution in [1.82, 2.24) is 20.1 Å². The minimum absolute atomic E-state index is 0.110. The zero-order valence-electron chi connectivity index (χ0n) is 10.2. The van der Waals surface area contributed by atoms with Crippen molar-refractivity contribution in [3.05, 3.63) is 46.2 Å². The average molecular weight is 313 g/mol. The van der Waals surface area contributed by atoms with E-state index in [2.05, 4.69) is 31.4 Å². The van der Waals surface area contributed by atoms with Crippen LogP contribution in [-0.2, 0) is 13.6 Å². The molecule has 0 aliphatic rings. The van der Waals surface area contributed by atoms with E-state index in [0.29, 0.717) is 11.0 Å². The Morgan fingerprint density at radius 2 is 2.28 bits per heavy atom. The van der Waals surface area contributed by atoms with E-state index in [-0.39, 0.29) is 11.9 Å². The predicted octanol–water partition coefficient (Wildman–Crippen LogP) is 2.57. The zero-order valence-corrected chi connectivity index (χ0v) is 11.8. The fourth-order valence-corrected chi connectivity index (χ4v) is 2.01. The summed E-state index contributed by atoms with van der Waals surface area (Å²) in [7, 11) is 1.90. The smallest absolute Gasteiger partial charge is 0.146 e. The molecule has 0 spiro atoms. The Morgan fingerprint density at radius 1 is 1.50 bits per heavy atom. The Hall–Kier alpha value is -1.27. The summed E-state index contributed by atoms with van der Waals surface area (Å²) in [6, 6.07) is 5.12. The zero-order chi connectivity index (χ0) is 13.1. The van der Waals surface area contributed by atoms with Crippen molar-refractivity contribution < 1.29 is 4.39 Å². The monoisotopic (exact) mass is 312 g/mol. The van der Waals surface area contributed by atoms with E-state index in [4.69, 9.17) is 0 Å². The maximum atomic E-state index is 13.1. The van der Waals surface area contributed by atoms with E-state index in [0.717, 1.165) is 11.4 Å². The lowest BCUT2D eigenvalue weighted by molar-refractivity contribution is 0.545. The molecule has 0 radical (unpaired) electrons. The van der Waals surface area contributed by atoms with Crippen LogP contribution in [0.25, 0.3) is 0 Å². The van der Waals surface area contributed by atoms with E-state index in [1.165, 1.54) is 6.07 Å². The predicted molar refractivity (Wildman–Crippen MR) is 70.4 cm³/mol. The SMILES string of the molecule is CC(NCc1nncn1C)c1ccc(F)c(Br)c1. The molecule has 0 fully saturated rings. The van der Waals surface area contributed by atoms with Gasteiger partial charge in [-0.05, 0) is 40.5 Å². The maximum Gasteiger partial charge on any atom is 0.146 e. The second-order valence-electron chi connectivity index (χ2n) is 4.13. The third kappa shape index (κ3) is 2.94. The molecule has 0 saturated heterocycles. The van der Waals surface area contributed by atoms with E-state index < -0.39 is 0 Å². The highest BCUT2D eigenvalue weighted by Gasteiger charge is 2.09. The third-order valence-electron chi connectivity index (χ3n) is 2.82. The number of benzene rings is 1. The van der Waals surface area contributed by atoms with Crippen molar-refractivity contribution in [2.45, 2.75) is 19.5 Å². The molecule has 0 aliphatic carbocycles. The minimum Gasteiger partial charge on any atom is -0.320 e. The molecule has 2 rings (SSSR count). The lowest BCUT2D eigenvalue weighted by atomic mass is 10.1. The van der Waals surface area contributed by atoms with Gasteiger partial charge in [-0.1, -0.05) is 6.07 Å². The normalized spacial score (nSPS) is 12.7. The molecule has 1 aromatic carbocycles. The molecule has 1 unspecified atom stereocenters. The van der Waals surface area contributed by atoms with Gasteiger partial charge in [-0.3, -0.25) is 0 Å². The molecule has 4 nitrogen and oxygen atoms in total. The first-order valence-electron chi connectivity index (χ1n) is 5.59. The van der Waals surface area contributed by atoms with E-state index in [9.17, 15) is 4.39 Å². The summed E-state index contributed by atoms with van der Waals surface area (Å²) in [5, 5.41) is 11.1. The van der Waals surface area contributed by atoms with Crippen molar-refractivity contribution in [2.24, 2.45) is 7.05 Å². The fourth-order valence-electron chi connectivity index (χ4n) is 1.61. The van der Waals surface area contributed by atoms with Gasteiger partial charge in [-0.2, -0.15) is 0 Å². The van der Waals surface area contributed by atoms with Crippen LogP contribution >= 0.6 is 15.9 Å². The molecule has 1 aromatic heterocycles. The molecular weight excluding hydrogens is 299 g/mol. The molecule has 0 bridgehead atoms. The average Bonchev–Trinajstić information content (AvgIpc) is 2.75. The molecule has 2 aromatic rings. The Balaban J connectivity index is 2.01. The first-order chi connectivity index (χ1) is 8.58. The van der Waals surface area contributed by atoms with Crippen molar-refractivity contribution in [3.63, 3.8) is 0 Å². The number of nitrogens with zero attached hydrogens (tertiary/aromatic N) is 3. The van der Waals surface area contributed by atoms with Gasteiger partial charge in [-0.25, -0.2) is 4.39 Å². The number of aromatic nitrogens is 3. The molecule has 96 valence electrons. The van der Waals surface area contributed by atoms with Crippen molar-refractivity contribution in [3.8, 4) is 0 Å². The summed E-state index contributed by atoms with van der Waals surface area (Å²) in [6.07, 6.45) is 1.66. The summed E-state index contributed by atoms with van der Waals surface area (Å²) in [5.41, 5.74) is 1.02. The van der Waals surface area contributed by atoms with Crippen LogP contribution in [0.15, 0.2) is 29.0 Å². The van der Waals surface area contributed by atoms with Gasteiger partial charge < -0.3 is 9.88 Å². The molecule has 18 heavy (non-hydrogen) atoms. The van der Waals surface area contributed by atoms with Gasteiger partial charge in [0.25, 0.3) is 0 Å². The maximum absolute atomic E-state index is 13.1. The number of aryl methyl sites for hydroxylation is 1. The second-order valence-corrected chi connectivity index (χ2v) is 4.99. The summed E-state index contributed by atoms with van der Waals surface area (Å²) >= 11 is 3.19. The first kappa shape index (κ1) is 13.2. The number of hydrogen-bond donors (Lipinski definition) is 1. The Labute approximate surface area is 113 Å².